The third kappa shape index (κ3) is 3.45. The summed E-state index contributed by atoms with van der Waals surface area (Å²) in [7, 11) is -4.82. The Bertz CT molecular complexity index is 330. The van der Waals surface area contributed by atoms with Crippen molar-refractivity contribution < 1.29 is 49.1 Å². The van der Waals surface area contributed by atoms with Gasteiger partial charge in [-0.2, -0.15) is 0 Å². The third-order valence-electron chi connectivity index (χ3n) is 2.51. The van der Waals surface area contributed by atoms with Gasteiger partial charge in [-0.1, -0.05) is 0 Å². The summed E-state index contributed by atoms with van der Waals surface area (Å²) in [6.07, 6.45) is -7.14. The maximum atomic E-state index is 10.5. The Morgan fingerprint density at radius 1 is 1.22 bits per heavy atom. The SMILES string of the molecule is O=P(O)(O)OC[C@@H]1O[C@](O)(CO)[C@@H](O)[C@H](O)[C@@H]1O. The smallest absolute Gasteiger partial charge is 0.391 e. The Morgan fingerprint density at radius 2 is 1.78 bits per heavy atom. The van der Waals surface area contributed by atoms with Crippen molar-refractivity contribution >= 4 is 7.82 Å². The van der Waals surface area contributed by atoms with Gasteiger partial charge in [-0.05, 0) is 0 Å². The van der Waals surface area contributed by atoms with E-state index in [1.54, 1.807) is 0 Å². The standard InChI is InChI=1S/C7H15O10P/c8-2-7(12)6(11)5(10)4(9)3(17-7)1-16-18(13,14)15/h3-6,8-12H,1-2H2,(H2,13,14,15)/t3-,4+,5+,6-,7+/m0/s1. The minimum Gasteiger partial charge on any atom is -0.391 e. The first kappa shape index (κ1) is 15.9. The molecular formula is C7H15O10P. The monoisotopic (exact) mass is 290 g/mol. The van der Waals surface area contributed by atoms with E-state index in [0.717, 1.165) is 0 Å². The van der Waals surface area contributed by atoms with Crippen LogP contribution in [0.2, 0.25) is 0 Å². The Balaban J connectivity index is 2.77. The number of aliphatic hydroxyl groups is 5. The molecule has 0 saturated carbocycles. The molecule has 1 aliphatic rings. The van der Waals surface area contributed by atoms with E-state index in [9.17, 15) is 25.0 Å². The van der Waals surface area contributed by atoms with Gasteiger partial charge in [0.1, 0.15) is 24.4 Å². The highest BCUT2D eigenvalue weighted by Gasteiger charge is 2.52. The molecule has 0 amide bonds. The number of rotatable bonds is 4. The molecule has 108 valence electrons. The fraction of sp³-hybridized carbons (Fsp3) is 1.00. The molecule has 0 aromatic carbocycles. The minimum atomic E-state index is -4.82. The van der Waals surface area contributed by atoms with Crippen LogP contribution in [0.5, 0.6) is 0 Å². The van der Waals surface area contributed by atoms with E-state index in [-0.39, 0.29) is 0 Å². The predicted octanol–water partition coefficient (Wildman–Crippen LogP) is -3.74. The Morgan fingerprint density at radius 3 is 2.22 bits per heavy atom. The molecule has 0 aromatic heterocycles. The fourth-order valence-electron chi connectivity index (χ4n) is 1.51. The van der Waals surface area contributed by atoms with Crippen LogP contribution in [0.1, 0.15) is 0 Å². The molecule has 1 aliphatic heterocycles. The molecule has 18 heavy (non-hydrogen) atoms. The number of hydrogen-bond donors (Lipinski definition) is 7. The summed E-state index contributed by atoms with van der Waals surface area (Å²) in [5.74, 6) is -2.55. The molecular weight excluding hydrogens is 275 g/mol. The Labute approximate surface area is 101 Å². The maximum absolute atomic E-state index is 10.5. The van der Waals surface area contributed by atoms with Crippen molar-refractivity contribution in [2.24, 2.45) is 0 Å². The highest BCUT2D eigenvalue weighted by Crippen LogP contribution is 2.37. The van der Waals surface area contributed by atoms with Gasteiger partial charge in [0.05, 0.1) is 13.2 Å². The molecule has 0 spiro atoms. The van der Waals surface area contributed by atoms with Crippen LogP contribution in [0, 0.1) is 0 Å². The van der Waals surface area contributed by atoms with Crippen molar-refractivity contribution in [1.29, 1.82) is 0 Å². The van der Waals surface area contributed by atoms with Crippen LogP contribution >= 0.6 is 7.82 Å². The van der Waals surface area contributed by atoms with E-state index in [1.807, 2.05) is 0 Å². The summed E-state index contributed by atoms with van der Waals surface area (Å²) in [5, 5.41) is 46.7. The minimum absolute atomic E-state index is 0.850. The lowest BCUT2D eigenvalue weighted by Gasteiger charge is -2.44. The molecule has 0 aromatic rings. The van der Waals surface area contributed by atoms with Gasteiger partial charge in [-0.3, -0.25) is 4.52 Å². The highest BCUT2D eigenvalue weighted by molar-refractivity contribution is 7.46. The van der Waals surface area contributed by atoms with Crippen LogP contribution < -0.4 is 0 Å². The van der Waals surface area contributed by atoms with Gasteiger partial charge in [-0.15, -0.1) is 0 Å². The van der Waals surface area contributed by atoms with Gasteiger partial charge in [0.25, 0.3) is 0 Å². The summed E-state index contributed by atoms with van der Waals surface area (Å²) in [6.45, 7) is -1.94. The molecule has 10 nitrogen and oxygen atoms in total. The lowest BCUT2D eigenvalue weighted by molar-refractivity contribution is -0.357. The number of phosphoric acid groups is 1. The number of aliphatic hydroxyl groups excluding tert-OH is 4. The molecule has 1 saturated heterocycles. The van der Waals surface area contributed by atoms with E-state index >= 15 is 0 Å². The van der Waals surface area contributed by atoms with E-state index in [0.29, 0.717) is 0 Å². The maximum Gasteiger partial charge on any atom is 0.469 e. The van der Waals surface area contributed by atoms with Gasteiger partial charge >= 0.3 is 7.82 Å². The third-order valence-corrected chi connectivity index (χ3v) is 2.99. The number of hydrogen-bond acceptors (Lipinski definition) is 8. The largest absolute Gasteiger partial charge is 0.469 e. The molecule has 0 radical (unpaired) electrons. The second kappa shape index (κ2) is 5.47. The molecule has 1 rings (SSSR count). The van der Waals surface area contributed by atoms with Crippen molar-refractivity contribution in [1.82, 2.24) is 0 Å². The van der Waals surface area contributed by atoms with Crippen LogP contribution in [-0.4, -0.2) is 78.7 Å². The second-order valence-electron chi connectivity index (χ2n) is 3.87. The summed E-state index contributed by atoms with van der Waals surface area (Å²) in [5.41, 5.74) is 0. The zero-order chi connectivity index (χ0) is 14.1. The molecule has 0 aliphatic carbocycles. The molecule has 0 unspecified atom stereocenters. The first-order valence-electron chi connectivity index (χ1n) is 4.86. The first-order valence-corrected chi connectivity index (χ1v) is 6.39. The zero-order valence-electron chi connectivity index (χ0n) is 9.03. The van der Waals surface area contributed by atoms with E-state index in [2.05, 4.69) is 4.52 Å². The van der Waals surface area contributed by atoms with Crippen LogP contribution in [-0.2, 0) is 13.8 Å². The Kier molecular flexibility index (Phi) is 4.84. The van der Waals surface area contributed by atoms with Crippen LogP contribution in [0.15, 0.2) is 0 Å². The van der Waals surface area contributed by atoms with Gasteiger partial charge in [0.2, 0.25) is 5.79 Å². The summed E-state index contributed by atoms with van der Waals surface area (Å²) >= 11 is 0. The van der Waals surface area contributed by atoms with Crippen LogP contribution in [0.4, 0.5) is 0 Å². The highest BCUT2D eigenvalue weighted by atomic mass is 31.2. The van der Waals surface area contributed by atoms with Gasteiger partial charge in [0.15, 0.2) is 0 Å². The topological polar surface area (TPSA) is 177 Å². The average molecular weight is 290 g/mol. The summed E-state index contributed by atoms with van der Waals surface area (Å²) in [6, 6.07) is 0. The van der Waals surface area contributed by atoms with Crippen molar-refractivity contribution in [2.75, 3.05) is 13.2 Å². The molecule has 5 atom stereocenters. The molecule has 11 heteroatoms. The average Bonchev–Trinajstić information content (AvgIpc) is 2.28. The van der Waals surface area contributed by atoms with Crippen molar-refractivity contribution in [3.8, 4) is 0 Å². The fourth-order valence-corrected chi connectivity index (χ4v) is 1.85. The van der Waals surface area contributed by atoms with Gasteiger partial charge in [0, 0.05) is 0 Å². The number of ether oxygens (including phenoxy) is 1. The van der Waals surface area contributed by atoms with Gasteiger partial charge < -0.3 is 40.1 Å². The lowest BCUT2D eigenvalue weighted by atomic mass is 9.93. The van der Waals surface area contributed by atoms with Gasteiger partial charge in [-0.25, -0.2) is 4.57 Å². The number of phosphoric ester groups is 1. The van der Waals surface area contributed by atoms with Crippen molar-refractivity contribution in [2.45, 2.75) is 30.2 Å². The van der Waals surface area contributed by atoms with E-state index < -0.39 is 51.2 Å². The quantitative estimate of drug-likeness (QED) is 0.254. The second-order valence-corrected chi connectivity index (χ2v) is 5.11. The molecule has 1 heterocycles. The molecule has 0 bridgehead atoms. The summed E-state index contributed by atoms with van der Waals surface area (Å²) < 4.78 is 19.2. The van der Waals surface area contributed by atoms with Crippen molar-refractivity contribution in [3.05, 3.63) is 0 Å². The Hall–Kier alpha value is -0.130. The molecule has 7 N–H and O–H groups in total. The zero-order valence-corrected chi connectivity index (χ0v) is 9.92. The molecule has 1 fully saturated rings. The normalized spacial score (nSPS) is 41.9. The van der Waals surface area contributed by atoms with Crippen molar-refractivity contribution in [3.63, 3.8) is 0 Å². The first-order chi connectivity index (χ1) is 8.10. The lowest BCUT2D eigenvalue weighted by Crippen LogP contribution is -2.66. The van der Waals surface area contributed by atoms with Crippen LogP contribution in [0.3, 0.4) is 0 Å². The predicted molar refractivity (Wildman–Crippen MR) is 52.9 cm³/mol. The van der Waals surface area contributed by atoms with E-state index in [4.69, 9.17) is 19.6 Å². The summed E-state index contributed by atoms with van der Waals surface area (Å²) in [4.78, 5) is 16.9. The van der Waals surface area contributed by atoms with Crippen LogP contribution in [0.25, 0.3) is 0 Å². The van der Waals surface area contributed by atoms with E-state index in [1.165, 1.54) is 0 Å².